The SMILES string of the molecule is CC(C)CC(O)CC(C)C1CCC2C3C(O)CC4CC(O)CCC4(C)C3CC(O)C12C. The first-order valence-electron chi connectivity index (χ1n) is 13.2. The fraction of sp³-hybridized carbons (Fsp3) is 1.00. The van der Waals surface area contributed by atoms with Gasteiger partial charge in [0.15, 0.2) is 0 Å². The first kappa shape index (κ1) is 24.0. The Morgan fingerprint density at radius 2 is 1.58 bits per heavy atom. The Hall–Kier alpha value is -0.160. The lowest BCUT2D eigenvalue weighted by molar-refractivity contribution is -0.207. The van der Waals surface area contributed by atoms with E-state index in [1.54, 1.807) is 0 Å². The van der Waals surface area contributed by atoms with Crippen molar-refractivity contribution in [3.8, 4) is 0 Å². The second-order valence-corrected chi connectivity index (χ2v) is 13.0. The molecule has 12 atom stereocenters. The zero-order valence-corrected chi connectivity index (χ0v) is 20.5. The van der Waals surface area contributed by atoms with Gasteiger partial charge >= 0.3 is 0 Å². The van der Waals surface area contributed by atoms with Crippen molar-refractivity contribution in [3.05, 3.63) is 0 Å². The summed E-state index contributed by atoms with van der Waals surface area (Å²) in [4.78, 5) is 0. The quantitative estimate of drug-likeness (QED) is 0.515. The van der Waals surface area contributed by atoms with Gasteiger partial charge in [-0.05, 0) is 110 Å². The molecule has 0 radical (unpaired) electrons. The van der Waals surface area contributed by atoms with Gasteiger partial charge in [-0.15, -0.1) is 0 Å². The lowest BCUT2D eigenvalue weighted by Crippen LogP contribution is -2.62. The van der Waals surface area contributed by atoms with Crippen molar-refractivity contribution in [1.29, 1.82) is 0 Å². The summed E-state index contributed by atoms with van der Waals surface area (Å²) in [5.41, 5.74) is -0.0426. The van der Waals surface area contributed by atoms with Crippen LogP contribution in [0.3, 0.4) is 0 Å². The van der Waals surface area contributed by atoms with Crippen LogP contribution in [0.25, 0.3) is 0 Å². The van der Waals surface area contributed by atoms with E-state index < -0.39 is 0 Å². The van der Waals surface area contributed by atoms with Gasteiger partial charge in [-0.2, -0.15) is 0 Å². The molecule has 0 aliphatic heterocycles. The number of rotatable bonds is 5. The van der Waals surface area contributed by atoms with Crippen molar-refractivity contribution in [2.75, 3.05) is 0 Å². The highest BCUT2D eigenvalue weighted by Crippen LogP contribution is 2.68. The number of hydrogen-bond donors (Lipinski definition) is 4. The van der Waals surface area contributed by atoms with Gasteiger partial charge in [0.25, 0.3) is 0 Å². The zero-order valence-electron chi connectivity index (χ0n) is 20.5. The largest absolute Gasteiger partial charge is 0.393 e. The van der Waals surface area contributed by atoms with E-state index in [0.717, 1.165) is 57.8 Å². The number of hydrogen-bond acceptors (Lipinski definition) is 4. The predicted molar refractivity (Wildman–Crippen MR) is 123 cm³/mol. The maximum Gasteiger partial charge on any atom is 0.0602 e. The molecule has 12 unspecified atom stereocenters. The fourth-order valence-electron chi connectivity index (χ4n) is 9.37. The van der Waals surface area contributed by atoms with Crippen LogP contribution in [0.1, 0.15) is 92.4 Å². The van der Waals surface area contributed by atoms with Gasteiger partial charge in [0.2, 0.25) is 0 Å². The van der Waals surface area contributed by atoms with Crippen molar-refractivity contribution in [2.45, 2.75) is 117 Å². The van der Waals surface area contributed by atoms with Crippen LogP contribution < -0.4 is 0 Å². The average Bonchev–Trinajstić information content (AvgIpc) is 3.02. The highest BCUT2D eigenvalue weighted by atomic mass is 16.3. The zero-order chi connectivity index (χ0) is 22.7. The van der Waals surface area contributed by atoms with E-state index in [1.807, 2.05) is 0 Å². The molecule has 4 saturated carbocycles. The Labute approximate surface area is 189 Å². The minimum atomic E-state index is -0.342. The fourth-order valence-corrected chi connectivity index (χ4v) is 9.37. The summed E-state index contributed by atoms with van der Waals surface area (Å²) in [6, 6.07) is 0. The summed E-state index contributed by atoms with van der Waals surface area (Å²) in [7, 11) is 0. The normalized spacial score (nSPS) is 51.7. The topological polar surface area (TPSA) is 80.9 Å². The standard InChI is InChI=1S/C27H48O4/c1-15(2)10-19(29)11-16(3)20-6-7-21-25-22(14-24(31)27(20,21)5)26(4)9-8-18(28)12-17(26)13-23(25)30/h15-25,28-31H,6-14H2,1-5H3. The summed E-state index contributed by atoms with van der Waals surface area (Å²) in [5, 5.41) is 43.8. The van der Waals surface area contributed by atoms with Crippen LogP contribution >= 0.6 is 0 Å². The molecule has 0 heterocycles. The van der Waals surface area contributed by atoms with Gasteiger partial charge in [-0.3, -0.25) is 0 Å². The van der Waals surface area contributed by atoms with E-state index in [-0.39, 0.29) is 41.2 Å². The molecule has 4 rings (SSSR count). The van der Waals surface area contributed by atoms with Gasteiger partial charge in [-0.1, -0.05) is 34.6 Å². The molecular weight excluding hydrogens is 388 g/mol. The van der Waals surface area contributed by atoms with Gasteiger partial charge in [-0.25, -0.2) is 0 Å². The van der Waals surface area contributed by atoms with Gasteiger partial charge in [0.05, 0.1) is 24.4 Å². The third-order valence-electron chi connectivity index (χ3n) is 10.9. The van der Waals surface area contributed by atoms with E-state index >= 15 is 0 Å². The third-order valence-corrected chi connectivity index (χ3v) is 10.9. The molecule has 0 amide bonds. The molecule has 0 saturated heterocycles. The molecule has 0 aromatic carbocycles. The van der Waals surface area contributed by atoms with Crippen molar-refractivity contribution in [1.82, 2.24) is 0 Å². The first-order chi connectivity index (χ1) is 14.5. The lowest BCUT2D eigenvalue weighted by atomic mass is 9.43. The molecular formula is C27H48O4. The molecule has 4 N–H and O–H groups in total. The van der Waals surface area contributed by atoms with E-state index in [0.29, 0.717) is 35.5 Å². The summed E-state index contributed by atoms with van der Waals surface area (Å²) in [6.07, 6.45) is 6.98. The Morgan fingerprint density at radius 1 is 0.871 bits per heavy atom. The summed E-state index contributed by atoms with van der Waals surface area (Å²) >= 11 is 0. The van der Waals surface area contributed by atoms with Crippen molar-refractivity contribution < 1.29 is 20.4 Å². The maximum absolute atomic E-state index is 11.6. The van der Waals surface area contributed by atoms with Crippen LogP contribution in [-0.4, -0.2) is 44.8 Å². The molecule has 31 heavy (non-hydrogen) atoms. The van der Waals surface area contributed by atoms with Crippen LogP contribution in [0.5, 0.6) is 0 Å². The molecule has 4 heteroatoms. The highest BCUT2D eigenvalue weighted by molar-refractivity contribution is 5.14. The van der Waals surface area contributed by atoms with E-state index in [9.17, 15) is 20.4 Å². The Bertz CT molecular complexity index is 637. The molecule has 180 valence electrons. The molecule has 4 aliphatic carbocycles. The number of aliphatic hydroxyl groups is 4. The van der Waals surface area contributed by atoms with Crippen LogP contribution in [0.15, 0.2) is 0 Å². The Balaban J connectivity index is 1.56. The van der Waals surface area contributed by atoms with Crippen molar-refractivity contribution in [3.63, 3.8) is 0 Å². The first-order valence-corrected chi connectivity index (χ1v) is 13.2. The van der Waals surface area contributed by atoms with Crippen LogP contribution in [0.2, 0.25) is 0 Å². The van der Waals surface area contributed by atoms with Crippen LogP contribution in [0, 0.1) is 52.3 Å². The predicted octanol–water partition coefficient (Wildman–Crippen LogP) is 4.38. The molecule has 0 aromatic rings. The minimum Gasteiger partial charge on any atom is -0.393 e. The van der Waals surface area contributed by atoms with E-state index in [2.05, 4.69) is 34.6 Å². The number of aliphatic hydroxyl groups excluding tert-OH is 4. The van der Waals surface area contributed by atoms with Gasteiger partial charge in [0, 0.05) is 0 Å². The van der Waals surface area contributed by atoms with E-state index in [4.69, 9.17) is 0 Å². The van der Waals surface area contributed by atoms with Crippen molar-refractivity contribution in [2.24, 2.45) is 52.3 Å². The summed E-state index contributed by atoms with van der Waals surface area (Å²) < 4.78 is 0. The molecule has 0 spiro atoms. The smallest absolute Gasteiger partial charge is 0.0602 e. The van der Waals surface area contributed by atoms with Crippen molar-refractivity contribution >= 4 is 0 Å². The van der Waals surface area contributed by atoms with E-state index in [1.165, 1.54) is 0 Å². The van der Waals surface area contributed by atoms with Crippen LogP contribution in [-0.2, 0) is 0 Å². The molecule has 0 bridgehead atoms. The third kappa shape index (κ3) is 3.92. The molecule has 4 nitrogen and oxygen atoms in total. The lowest BCUT2D eigenvalue weighted by Gasteiger charge is -2.63. The Kier molecular flexibility index (Phi) is 6.62. The second kappa shape index (κ2) is 8.56. The number of fused-ring (bicyclic) bond motifs is 5. The monoisotopic (exact) mass is 436 g/mol. The molecule has 0 aromatic heterocycles. The summed E-state index contributed by atoms with van der Waals surface area (Å²) in [5.74, 6) is 2.62. The second-order valence-electron chi connectivity index (χ2n) is 13.0. The maximum atomic E-state index is 11.6. The minimum absolute atomic E-state index is 0.128. The van der Waals surface area contributed by atoms with Gasteiger partial charge in [0.1, 0.15) is 0 Å². The highest BCUT2D eigenvalue weighted by Gasteiger charge is 2.65. The molecule has 4 aliphatic rings. The average molecular weight is 437 g/mol. The summed E-state index contributed by atoms with van der Waals surface area (Å²) in [6.45, 7) is 11.3. The molecule has 4 fully saturated rings. The Morgan fingerprint density at radius 3 is 2.26 bits per heavy atom. The van der Waals surface area contributed by atoms with Gasteiger partial charge < -0.3 is 20.4 Å². The van der Waals surface area contributed by atoms with Crippen LogP contribution in [0.4, 0.5) is 0 Å².